The Labute approximate surface area is 128 Å². The molecule has 5 nitrogen and oxygen atoms in total. The van der Waals surface area contributed by atoms with E-state index in [4.69, 9.17) is 0 Å². The van der Waals surface area contributed by atoms with Gasteiger partial charge in [0.05, 0.1) is 11.4 Å². The monoisotopic (exact) mass is 302 g/mol. The first-order valence-corrected chi connectivity index (χ1v) is 8.18. The van der Waals surface area contributed by atoms with Crippen LogP contribution in [-0.4, -0.2) is 39.8 Å². The average molecular weight is 302 g/mol. The highest BCUT2D eigenvalue weighted by molar-refractivity contribution is 7.99. The summed E-state index contributed by atoms with van der Waals surface area (Å²) in [7, 11) is 0. The molecule has 2 aromatic rings. The Kier molecular flexibility index (Phi) is 4.57. The number of thioether (sulfide) groups is 1. The lowest BCUT2D eigenvalue weighted by Crippen LogP contribution is -2.39. The van der Waals surface area contributed by atoms with Crippen LogP contribution < -0.4 is 10.6 Å². The summed E-state index contributed by atoms with van der Waals surface area (Å²) in [6, 6.07) is 9.82. The minimum atomic E-state index is 0.0367. The third kappa shape index (κ3) is 3.65. The number of carbonyl (C=O) groups is 1. The van der Waals surface area contributed by atoms with Gasteiger partial charge in [-0.05, 0) is 18.2 Å². The lowest BCUT2D eigenvalue weighted by molar-refractivity contribution is -0.116. The second-order valence-electron chi connectivity index (χ2n) is 4.95. The highest BCUT2D eigenvalue weighted by atomic mass is 32.2. The number of anilines is 1. The SMILES string of the molecule is O=C(CC1CSCCN1)Nc1ccccc1-n1cccn1. The van der Waals surface area contributed by atoms with Gasteiger partial charge in [0, 0.05) is 42.9 Å². The molecule has 6 heteroatoms. The van der Waals surface area contributed by atoms with Crippen LogP contribution in [0.15, 0.2) is 42.7 Å². The Bertz CT molecular complexity index is 593. The largest absolute Gasteiger partial charge is 0.324 e. The molecule has 1 aromatic heterocycles. The summed E-state index contributed by atoms with van der Waals surface area (Å²) in [4.78, 5) is 12.2. The topological polar surface area (TPSA) is 59.0 Å². The number of para-hydroxylation sites is 2. The van der Waals surface area contributed by atoms with E-state index in [1.165, 1.54) is 0 Å². The summed E-state index contributed by atoms with van der Waals surface area (Å²) < 4.78 is 1.75. The second-order valence-corrected chi connectivity index (χ2v) is 6.10. The highest BCUT2D eigenvalue weighted by Gasteiger charge is 2.17. The van der Waals surface area contributed by atoms with Crippen molar-refractivity contribution in [3.8, 4) is 5.69 Å². The summed E-state index contributed by atoms with van der Waals surface area (Å²) >= 11 is 1.90. The van der Waals surface area contributed by atoms with Crippen molar-refractivity contribution in [1.29, 1.82) is 0 Å². The standard InChI is InChI=1S/C15H18N4OS/c20-15(10-12-11-21-9-7-16-12)18-13-4-1-2-5-14(13)19-8-3-6-17-19/h1-6,8,12,16H,7,9-11H2,(H,18,20). The molecule has 1 fully saturated rings. The van der Waals surface area contributed by atoms with Gasteiger partial charge in [-0.25, -0.2) is 4.68 Å². The molecule has 1 aliphatic rings. The van der Waals surface area contributed by atoms with Crippen molar-refractivity contribution in [1.82, 2.24) is 15.1 Å². The third-order valence-corrected chi connectivity index (χ3v) is 4.49. The number of nitrogens with one attached hydrogen (secondary N) is 2. The molecule has 0 spiro atoms. The van der Waals surface area contributed by atoms with Crippen molar-refractivity contribution >= 4 is 23.4 Å². The zero-order valence-electron chi connectivity index (χ0n) is 11.7. The number of benzene rings is 1. The Balaban J connectivity index is 1.68. The molecular formula is C15H18N4OS. The molecule has 1 aromatic carbocycles. The molecule has 0 bridgehead atoms. The molecule has 1 unspecified atom stereocenters. The predicted octanol–water partition coefficient (Wildman–Crippen LogP) is 1.91. The lowest BCUT2D eigenvalue weighted by Gasteiger charge is -2.22. The van der Waals surface area contributed by atoms with Gasteiger partial charge < -0.3 is 10.6 Å². The molecule has 1 atom stereocenters. The fraction of sp³-hybridized carbons (Fsp3) is 0.333. The second kappa shape index (κ2) is 6.78. The van der Waals surface area contributed by atoms with Crippen LogP contribution in [0.2, 0.25) is 0 Å². The fourth-order valence-electron chi connectivity index (χ4n) is 2.37. The molecular weight excluding hydrogens is 284 g/mol. The quantitative estimate of drug-likeness (QED) is 0.906. The minimum Gasteiger partial charge on any atom is -0.324 e. The van der Waals surface area contributed by atoms with E-state index in [9.17, 15) is 4.79 Å². The molecule has 110 valence electrons. The van der Waals surface area contributed by atoms with Crippen molar-refractivity contribution in [3.05, 3.63) is 42.7 Å². The number of carbonyl (C=O) groups excluding carboxylic acids is 1. The zero-order chi connectivity index (χ0) is 14.5. The van der Waals surface area contributed by atoms with Crippen molar-refractivity contribution < 1.29 is 4.79 Å². The van der Waals surface area contributed by atoms with Gasteiger partial charge in [0.2, 0.25) is 5.91 Å². The molecule has 1 saturated heterocycles. The van der Waals surface area contributed by atoms with E-state index in [-0.39, 0.29) is 11.9 Å². The first kappa shape index (κ1) is 14.2. The number of rotatable bonds is 4. The van der Waals surface area contributed by atoms with Gasteiger partial charge in [-0.15, -0.1) is 0 Å². The Hall–Kier alpha value is -1.79. The Morgan fingerprint density at radius 3 is 3.10 bits per heavy atom. The summed E-state index contributed by atoms with van der Waals surface area (Å²) in [5, 5.41) is 10.6. The maximum Gasteiger partial charge on any atom is 0.226 e. The molecule has 0 aliphatic carbocycles. The van der Waals surface area contributed by atoms with Crippen molar-refractivity contribution in [2.75, 3.05) is 23.4 Å². The molecule has 21 heavy (non-hydrogen) atoms. The van der Waals surface area contributed by atoms with Crippen LogP contribution in [0.5, 0.6) is 0 Å². The summed E-state index contributed by atoms with van der Waals surface area (Å²) in [5.41, 5.74) is 1.66. The van der Waals surface area contributed by atoms with E-state index in [1.807, 2.05) is 48.3 Å². The van der Waals surface area contributed by atoms with E-state index < -0.39 is 0 Å². The molecule has 2 N–H and O–H groups in total. The number of aromatic nitrogens is 2. The molecule has 0 radical (unpaired) electrons. The van der Waals surface area contributed by atoms with Crippen LogP contribution in [0.4, 0.5) is 5.69 Å². The molecule has 1 aliphatic heterocycles. The van der Waals surface area contributed by atoms with Crippen molar-refractivity contribution in [3.63, 3.8) is 0 Å². The maximum absolute atomic E-state index is 12.2. The summed E-state index contributed by atoms with van der Waals surface area (Å²) in [6.45, 7) is 0.979. The summed E-state index contributed by atoms with van der Waals surface area (Å²) in [6.07, 6.45) is 4.09. The molecule has 0 saturated carbocycles. The number of hydrogen-bond donors (Lipinski definition) is 2. The van der Waals surface area contributed by atoms with Crippen LogP contribution in [0, 0.1) is 0 Å². The van der Waals surface area contributed by atoms with E-state index >= 15 is 0 Å². The fourth-order valence-corrected chi connectivity index (χ4v) is 3.32. The average Bonchev–Trinajstić information content (AvgIpc) is 3.03. The van der Waals surface area contributed by atoms with Gasteiger partial charge in [0.1, 0.15) is 0 Å². The van der Waals surface area contributed by atoms with Gasteiger partial charge in [-0.2, -0.15) is 16.9 Å². The van der Waals surface area contributed by atoms with Gasteiger partial charge in [0.15, 0.2) is 0 Å². The minimum absolute atomic E-state index is 0.0367. The number of amides is 1. The van der Waals surface area contributed by atoms with Gasteiger partial charge in [0.25, 0.3) is 0 Å². The van der Waals surface area contributed by atoms with Gasteiger partial charge in [-0.1, -0.05) is 12.1 Å². The Morgan fingerprint density at radius 2 is 2.33 bits per heavy atom. The summed E-state index contributed by atoms with van der Waals surface area (Å²) in [5.74, 6) is 2.16. The van der Waals surface area contributed by atoms with Crippen LogP contribution in [0.1, 0.15) is 6.42 Å². The van der Waals surface area contributed by atoms with Crippen LogP contribution in [-0.2, 0) is 4.79 Å². The van der Waals surface area contributed by atoms with Crippen molar-refractivity contribution in [2.45, 2.75) is 12.5 Å². The number of nitrogens with zero attached hydrogens (tertiary/aromatic N) is 2. The molecule has 3 rings (SSSR count). The smallest absolute Gasteiger partial charge is 0.226 e. The van der Waals surface area contributed by atoms with E-state index in [1.54, 1.807) is 10.9 Å². The normalized spacial score (nSPS) is 18.4. The van der Waals surface area contributed by atoms with Crippen LogP contribution in [0.3, 0.4) is 0 Å². The van der Waals surface area contributed by atoms with Gasteiger partial charge >= 0.3 is 0 Å². The predicted molar refractivity (Wildman–Crippen MR) is 85.9 cm³/mol. The molecule has 1 amide bonds. The highest BCUT2D eigenvalue weighted by Crippen LogP contribution is 2.19. The van der Waals surface area contributed by atoms with Crippen molar-refractivity contribution in [2.24, 2.45) is 0 Å². The van der Waals surface area contributed by atoms with Crippen LogP contribution >= 0.6 is 11.8 Å². The lowest BCUT2D eigenvalue weighted by atomic mass is 10.2. The first-order valence-electron chi connectivity index (χ1n) is 7.03. The zero-order valence-corrected chi connectivity index (χ0v) is 12.5. The number of hydrogen-bond acceptors (Lipinski definition) is 4. The van der Waals surface area contributed by atoms with Crippen LogP contribution in [0.25, 0.3) is 5.69 Å². The maximum atomic E-state index is 12.2. The van der Waals surface area contributed by atoms with E-state index in [0.29, 0.717) is 6.42 Å². The molecule has 2 heterocycles. The van der Waals surface area contributed by atoms with E-state index in [0.717, 1.165) is 29.4 Å². The first-order chi connectivity index (χ1) is 10.3. The van der Waals surface area contributed by atoms with Gasteiger partial charge in [-0.3, -0.25) is 4.79 Å². The third-order valence-electron chi connectivity index (χ3n) is 3.36. The Morgan fingerprint density at radius 1 is 1.43 bits per heavy atom. The van der Waals surface area contributed by atoms with E-state index in [2.05, 4.69) is 15.7 Å².